The van der Waals surface area contributed by atoms with E-state index in [-0.39, 0.29) is 12.1 Å². The van der Waals surface area contributed by atoms with E-state index in [0.29, 0.717) is 23.3 Å². The van der Waals surface area contributed by atoms with Crippen LogP contribution in [0.4, 0.5) is 4.79 Å². The molecule has 8 heteroatoms. The van der Waals surface area contributed by atoms with Gasteiger partial charge < -0.3 is 9.84 Å². The van der Waals surface area contributed by atoms with Crippen molar-refractivity contribution in [1.29, 1.82) is 0 Å². The fourth-order valence-electron chi connectivity index (χ4n) is 3.77. The molecule has 166 valence electrons. The molecular weight excluding hydrogens is 444 g/mol. The third kappa shape index (κ3) is 4.54. The van der Waals surface area contributed by atoms with E-state index in [1.54, 1.807) is 28.8 Å². The lowest BCUT2D eigenvalue weighted by Gasteiger charge is -2.35. The lowest BCUT2D eigenvalue weighted by molar-refractivity contribution is 0.204. The van der Waals surface area contributed by atoms with Gasteiger partial charge in [-0.05, 0) is 49.4 Å². The molecule has 6 nitrogen and oxygen atoms in total. The van der Waals surface area contributed by atoms with Crippen molar-refractivity contribution in [2.45, 2.75) is 37.6 Å². The predicted octanol–water partition coefficient (Wildman–Crippen LogP) is 6.41. The molecule has 1 unspecified atom stereocenters. The lowest BCUT2D eigenvalue weighted by Crippen LogP contribution is -2.46. The molecule has 3 aromatic rings. The number of carbonyl (C=O) groups is 1. The number of allylic oxidation sites excluding steroid dienone is 1. The highest BCUT2D eigenvalue weighted by atomic mass is 35.5. The Morgan fingerprint density at radius 3 is 2.69 bits per heavy atom. The molecule has 2 amide bonds. The molecule has 4 rings (SSSR count). The fraction of sp³-hybridized carbons (Fsp3) is 0.292. The number of unbranched alkanes of at least 4 members (excludes halogenated alkanes) is 1. The first-order valence-corrected chi connectivity index (χ1v) is 12.1. The predicted molar refractivity (Wildman–Crippen MR) is 128 cm³/mol. The third-order valence-electron chi connectivity index (χ3n) is 5.52. The molecule has 0 aliphatic carbocycles. The van der Waals surface area contributed by atoms with Gasteiger partial charge in [-0.25, -0.2) is 4.79 Å². The van der Waals surface area contributed by atoms with Crippen molar-refractivity contribution >= 4 is 35.0 Å². The normalized spacial score (nSPS) is 16.4. The van der Waals surface area contributed by atoms with Gasteiger partial charge in [-0.1, -0.05) is 54.4 Å². The van der Waals surface area contributed by atoms with Gasteiger partial charge in [0.05, 0.1) is 11.6 Å². The Kier molecular flexibility index (Phi) is 6.86. The summed E-state index contributed by atoms with van der Waals surface area (Å²) in [5.74, 6) is 0.842. The highest BCUT2D eigenvalue weighted by Gasteiger charge is 2.35. The van der Waals surface area contributed by atoms with E-state index in [2.05, 4.69) is 22.4 Å². The van der Waals surface area contributed by atoms with Gasteiger partial charge in [0.2, 0.25) is 5.82 Å². The Hall–Kier alpha value is -2.77. The molecule has 1 N–H and O–H groups in total. The molecular formula is C24H25ClN4O2S. The lowest BCUT2D eigenvalue weighted by atomic mass is 9.94. The van der Waals surface area contributed by atoms with Gasteiger partial charge in [-0.15, -0.1) is 11.8 Å². The minimum absolute atomic E-state index is 0.117. The van der Waals surface area contributed by atoms with E-state index >= 15 is 0 Å². The number of amides is 2. The van der Waals surface area contributed by atoms with Crippen molar-refractivity contribution in [3.63, 3.8) is 0 Å². The SMILES string of the molecule is CCCCN1C(=O)NC(c2ccc(SC)cc2)C(c2nc(-c3cccc(Cl)c3)no2)=C1C. The van der Waals surface area contributed by atoms with Gasteiger partial charge >= 0.3 is 6.03 Å². The monoisotopic (exact) mass is 468 g/mol. The van der Waals surface area contributed by atoms with Crippen LogP contribution in [0.25, 0.3) is 17.0 Å². The number of hydrogen-bond acceptors (Lipinski definition) is 5. The summed E-state index contributed by atoms with van der Waals surface area (Å²) >= 11 is 7.81. The number of urea groups is 1. The summed E-state index contributed by atoms with van der Waals surface area (Å²) in [5.41, 5.74) is 3.36. The second-order valence-electron chi connectivity index (χ2n) is 7.59. The van der Waals surface area contributed by atoms with Crippen molar-refractivity contribution in [3.8, 4) is 11.4 Å². The molecule has 0 bridgehead atoms. The minimum atomic E-state index is -0.385. The topological polar surface area (TPSA) is 71.3 Å². The third-order valence-corrected chi connectivity index (χ3v) is 6.50. The highest BCUT2D eigenvalue weighted by molar-refractivity contribution is 7.98. The number of aromatic nitrogens is 2. The van der Waals surface area contributed by atoms with Crippen LogP contribution in [0.1, 0.15) is 44.2 Å². The van der Waals surface area contributed by atoms with Crippen LogP contribution in [0.3, 0.4) is 0 Å². The van der Waals surface area contributed by atoms with Crippen LogP contribution in [0.2, 0.25) is 5.02 Å². The minimum Gasteiger partial charge on any atom is -0.334 e. The zero-order chi connectivity index (χ0) is 22.7. The average molecular weight is 469 g/mol. The molecule has 32 heavy (non-hydrogen) atoms. The molecule has 2 heterocycles. The smallest absolute Gasteiger partial charge is 0.322 e. The highest BCUT2D eigenvalue weighted by Crippen LogP contribution is 2.38. The molecule has 2 aromatic carbocycles. The van der Waals surface area contributed by atoms with Crippen LogP contribution in [0.15, 0.2) is 63.6 Å². The summed E-state index contributed by atoms with van der Waals surface area (Å²) < 4.78 is 5.71. The summed E-state index contributed by atoms with van der Waals surface area (Å²) in [6, 6.07) is 15.0. The van der Waals surface area contributed by atoms with E-state index in [1.807, 2.05) is 49.6 Å². The molecule has 1 aromatic heterocycles. The van der Waals surface area contributed by atoms with Crippen LogP contribution in [-0.2, 0) is 0 Å². The number of thioether (sulfide) groups is 1. The van der Waals surface area contributed by atoms with Crippen molar-refractivity contribution in [2.75, 3.05) is 12.8 Å². The van der Waals surface area contributed by atoms with Crippen molar-refractivity contribution in [1.82, 2.24) is 20.4 Å². The number of rotatable bonds is 7. The molecule has 0 saturated carbocycles. The van der Waals surface area contributed by atoms with Crippen molar-refractivity contribution in [2.24, 2.45) is 0 Å². The number of halogens is 1. The summed E-state index contributed by atoms with van der Waals surface area (Å²) in [5, 5.41) is 7.93. The number of nitrogens with one attached hydrogen (secondary N) is 1. The van der Waals surface area contributed by atoms with E-state index in [9.17, 15) is 4.79 Å². The second kappa shape index (κ2) is 9.79. The van der Waals surface area contributed by atoms with Crippen LogP contribution in [0.5, 0.6) is 0 Å². The van der Waals surface area contributed by atoms with Crippen LogP contribution < -0.4 is 5.32 Å². The van der Waals surface area contributed by atoms with Crippen LogP contribution >= 0.6 is 23.4 Å². The molecule has 0 spiro atoms. The van der Waals surface area contributed by atoms with Crippen LogP contribution in [0, 0.1) is 0 Å². The summed E-state index contributed by atoms with van der Waals surface area (Å²) in [6.45, 7) is 4.68. The Morgan fingerprint density at radius 2 is 2.00 bits per heavy atom. The first kappa shape index (κ1) is 22.4. The van der Waals surface area contributed by atoms with Crippen molar-refractivity contribution < 1.29 is 9.32 Å². The van der Waals surface area contributed by atoms with Gasteiger partial charge in [-0.3, -0.25) is 4.90 Å². The summed E-state index contributed by atoms with van der Waals surface area (Å²) in [4.78, 5) is 20.5. The number of hydrogen-bond donors (Lipinski definition) is 1. The molecule has 1 atom stereocenters. The van der Waals surface area contributed by atoms with Gasteiger partial charge in [0.15, 0.2) is 0 Å². The molecule has 0 fully saturated rings. The van der Waals surface area contributed by atoms with Gasteiger partial charge in [0, 0.05) is 27.7 Å². The number of nitrogens with zero attached hydrogens (tertiary/aromatic N) is 3. The molecule has 0 radical (unpaired) electrons. The van der Waals surface area contributed by atoms with E-state index < -0.39 is 0 Å². The largest absolute Gasteiger partial charge is 0.334 e. The summed E-state index contributed by atoms with van der Waals surface area (Å²) in [6.07, 6.45) is 3.93. The average Bonchev–Trinajstić information content (AvgIpc) is 3.28. The Morgan fingerprint density at radius 1 is 1.22 bits per heavy atom. The maximum Gasteiger partial charge on any atom is 0.322 e. The fourth-order valence-corrected chi connectivity index (χ4v) is 4.37. The van der Waals surface area contributed by atoms with Crippen LogP contribution in [-0.4, -0.2) is 33.9 Å². The maximum atomic E-state index is 13.0. The Labute approximate surface area is 197 Å². The van der Waals surface area contributed by atoms with Gasteiger partial charge in [-0.2, -0.15) is 4.98 Å². The van der Waals surface area contributed by atoms with E-state index in [1.165, 1.54) is 0 Å². The van der Waals surface area contributed by atoms with Crippen molar-refractivity contribution in [3.05, 3.63) is 70.7 Å². The zero-order valence-electron chi connectivity index (χ0n) is 18.3. The quantitative estimate of drug-likeness (QED) is 0.405. The first-order chi connectivity index (χ1) is 15.5. The molecule has 1 aliphatic rings. The standard InChI is InChI=1S/C24H25ClN4O2S/c1-4-5-13-29-15(2)20(21(26-24(29)30)16-9-11-19(32-3)12-10-16)23-27-22(28-31-23)17-7-6-8-18(25)14-17/h6-12,14,21H,4-5,13H2,1-3H3,(H,26,30). The van der Waals surface area contributed by atoms with Gasteiger partial charge in [0.1, 0.15) is 0 Å². The summed E-state index contributed by atoms with van der Waals surface area (Å²) in [7, 11) is 0. The van der Waals surface area contributed by atoms with E-state index in [0.717, 1.165) is 40.1 Å². The number of carbonyl (C=O) groups excluding carboxylic acids is 1. The Balaban J connectivity index is 1.79. The maximum absolute atomic E-state index is 13.0. The zero-order valence-corrected chi connectivity index (χ0v) is 19.8. The molecule has 0 saturated heterocycles. The Bertz CT molecular complexity index is 1140. The first-order valence-electron chi connectivity index (χ1n) is 10.5. The molecule has 1 aliphatic heterocycles. The number of benzene rings is 2. The second-order valence-corrected chi connectivity index (χ2v) is 8.91. The van der Waals surface area contributed by atoms with Gasteiger partial charge in [0.25, 0.3) is 5.89 Å². The van der Waals surface area contributed by atoms with E-state index in [4.69, 9.17) is 16.1 Å².